The SMILES string of the molecule is COc1ccc(C(=O)NC(NCCc2c[nH]c3ccccc23)(C(F)(F)F)C(F)(F)F)cc1. The van der Waals surface area contributed by atoms with Crippen LogP contribution >= 0.6 is 0 Å². The third-order valence-electron chi connectivity index (χ3n) is 4.96. The minimum absolute atomic E-state index is 0.143. The Morgan fingerprint density at radius 2 is 1.59 bits per heavy atom. The van der Waals surface area contributed by atoms with E-state index < -0.39 is 30.5 Å². The lowest BCUT2D eigenvalue weighted by molar-refractivity contribution is -0.314. The molecule has 0 saturated carbocycles. The first-order chi connectivity index (χ1) is 15.0. The lowest BCUT2D eigenvalue weighted by Gasteiger charge is -2.38. The standard InChI is InChI=1S/C21H19F6N3O2/c1-32-15-8-6-13(7-9-15)18(31)30-19(20(22,23)24,21(25,26)27)29-11-10-14-12-28-17-5-3-2-4-16(14)17/h2-9,12,28-29H,10-11H2,1H3,(H,30,31). The molecule has 0 radical (unpaired) electrons. The number of halogens is 6. The van der Waals surface area contributed by atoms with Crippen molar-refractivity contribution in [3.8, 4) is 5.75 Å². The van der Waals surface area contributed by atoms with E-state index in [2.05, 4.69) is 4.98 Å². The number of fused-ring (bicyclic) bond motifs is 1. The van der Waals surface area contributed by atoms with Gasteiger partial charge in [0.2, 0.25) is 0 Å². The second-order valence-corrected chi connectivity index (χ2v) is 6.96. The van der Waals surface area contributed by atoms with Gasteiger partial charge in [-0.1, -0.05) is 18.2 Å². The summed E-state index contributed by atoms with van der Waals surface area (Å²) in [6.45, 7) is -0.705. The summed E-state index contributed by atoms with van der Waals surface area (Å²) in [4.78, 5) is 15.2. The van der Waals surface area contributed by atoms with Crippen molar-refractivity contribution < 1.29 is 35.9 Å². The number of para-hydroxylation sites is 1. The zero-order valence-corrected chi connectivity index (χ0v) is 16.7. The molecule has 1 heterocycles. The van der Waals surface area contributed by atoms with Crippen LogP contribution in [0.25, 0.3) is 10.9 Å². The molecule has 0 aliphatic heterocycles. The number of rotatable bonds is 7. The zero-order valence-electron chi connectivity index (χ0n) is 16.7. The van der Waals surface area contributed by atoms with E-state index in [1.54, 1.807) is 24.3 Å². The van der Waals surface area contributed by atoms with Gasteiger partial charge in [0.25, 0.3) is 11.6 Å². The van der Waals surface area contributed by atoms with Gasteiger partial charge in [0.15, 0.2) is 0 Å². The molecule has 0 bridgehead atoms. The maximum atomic E-state index is 13.8. The molecule has 0 spiro atoms. The molecule has 0 aliphatic carbocycles. The largest absolute Gasteiger partial charge is 0.497 e. The number of benzene rings is 2. The van der Waals surface area contributed by atoms with Crippen LogP contribution in [0.1, 0.15) is 15.9 Å². The Balaban J connectivity index is 1.85. The van der Waals surface area contributed by atoms with Gasteiger partial charge in [-0.2, -0.15) is 26.3 Å². The summed E-state index contributed by atoms with van der Waals surface area (Å²) < 4.78 is 87.4. The molecule has 172 valence electrons. The number of aromatic nitrogens is 1. The number of hydrogen-bond acceptors (Lipinski definition) is 3. The van der Waals surface area contributed by atoms with E-state index in [9.17, 15) is 31.1 Å². The van der Waals surface area contributed by atoms with Crippen LogP contribution in [0.3, 0.4) is 0 Å². The Hall–Kier alpha value is -3.21. The van der Waals surface area contributed by atoms with E-state index in [4.69, 9.17) is 4.74 Å². The van der Waals surface area contributed by atoms with E-state index in [0.29, 0.717) is 16.5 Å². The number of carbonyl (C=O) groups is 1. The van der Waals surface area contributed by atoms with Gasteiger partial charge in [-0.25, -0.2) is 0 Å². The predicted octanol–water partition coefficient (Wildman–Crippen LogP) is 4.56. The number of nitrogens with one attached hydrogen (secondary N) is 3. The molecule has 11 heteroatoms. The maximum absolute atomic E-state index is 13.8. The number of ether oxygens (including phenoxy) is 1. The van der Waals surface area contributed by atoms with Crippen molar-refractivity contribution >= 4 is 16.8 Å². The highest BCUT2D eigenvalue weighted by Crippen LogP contribution is 2.41. The lowest BCUT2D eigenvalue weighted by Crippen LogP contribution is -2.75. The van der Waals surface area contributed by atoms with Crippen molar-refractivity contribution in [3.63, 3.8) is 0 Å². The van der Waals surface area contributed by atoms with Gasteiger partial charge in [0.05, 0.1) is 7.11 Å². The lowest BCUT2D eigenvalue weighted by atomic mass is 10.1. The number of H-pyrrole nitrogens is 1. The Morgan fingerprint density at radius 3 is 2.19 bits per heavy atom. The zero-order chi connectivity index (χ0) is 23.6. The van der Waals surface area contributed by atoms with Crippen LogP contribution in [0.15, 0.2) is 54.7 Å². The second kappa shape index (κ2) is 8.73. The highest BCUT2D eigenvalue weighted by Gasteiger charge is 2.72. The third kappa shape index (κ3) is 4.52. The molecule has 2 aromatic carbocycles. The van der Waals surface area contributed by atoms with Crippen molar-refractivity contribution in [3.05, 3.63) is 65.9 Å². The van der Waals surface area contributed by atoms with Gasteiger partial charge >= 0.3 is 12.4 Å². The van der Waals surface area contributed by atoms with Crippen molar-refractivity contribution in [2.75, 3.05) is 13.7 Å². The summed E-state index contributed by atoms with van der Waals surface area (Å²) in [6, 6.07) is 11.5. The average molecular weight is 459 g/mol. The highest BCUT2D eigenvalue weighted by molar-refractivity contribution is 5.95. The Morgan fingerprint density at radius 1 is 0.969 bits per heavy atom. The molecule has 3 N–H and O–H groups in total. The average Bonchev–Trinajstić information content (AvgIpc) is 3.14. The summed E-state index contributed by atoms with van der Waals surface area (Å²) in [5.74, 6) is -1.25. The van der Waals surface area contributed by atoms with Crippen molar-refractivity contribution in [2.45, 2.75) is 24.4 Å². The van der Waals surface area contributed by atoms with Crippen molar-refractivity contribution in [1.29, 1.82) is 0 Å². The molecule has 0 aliphatic rings. The van der Waals surface area contributed by atoms with E-state index in [0.717, 1.165) is 17.4 Å². The molecular weight excluding hydrogens is 440 g/mol. The highest BCUT2D eigenvalue weighted by atomic mass is 19.4. The number of amides is 1. The Bertz CT molecular complexity index is 1060. The predicted molar refractivity (Wildman–Crippen MR) is 105 cm³/mol. The molecule has 1 amide bonds. The fraction of sp³-hybridized carbons (Fsp3) is 0.286. The van der Waals surface area contributed by atoms with Crippen LogP contribution in [-0.4, -0.2) is 42.6 Å². The summed E-state index contributed by atoms with van der Waals surface area (Å²) in [5.41, 5.74) is -3.79. The molecule has 3 rings (SSSR count). The maximum Gasteiger partial charge on any atom is 0.434 e. The molecular formula is C21H19F6N3O2. The van der Waals surface area contributed by atoms with Crippen molar-refractivity contribution in [2.24, 2.45) is 0 Å². The Kier molecular flexibility index (Phi) is 6.40. The number of carbonyl (C=O) groups excluding carboxylic acids is 1. The number of alkyl halides is 6. The molecule has 32 heavy (non-hydrogen) atoms. The number of aromatic amines is 1. The smallest absolute Gasteiger partial charge is 0.434 e. The minimum Gasteiger partial charge on any atom is -0.497 e. The molecule has 0 unspecified atom stereocenters. The monoisotopic (exact) mass is 459 g/mol. The summed E-state index contributed by atoms with van der Waals surface area (Å²) in [6.07, 6.45) is -10.4. The van der Waals surface area contributed by atoms with Gasteiger partial charge in [0.1, 0.15) is 5.75 Å². The molecule has 0 atom stereocenters. The van der Waals surface area contributed by atoms with Gasteiger partial charge in [-0.05, 0) is 42.3 Å². The van der Waals surface area contributed by atoms with E-state index in [1.165, 1.54) is 30.8 Å². The van der Waals surface area contributed by atoms with Gasteiger partial charge < -0.3 is 15.0 Å². The van der Waals surface area contributed by atoms with Gasteiger partial charge in [-0.3, -0.25) is 10.1 Å². The molecule has 3 aromatic rings. The molecule has 0 fully saturated rings. The first-order valence-corrected chi connectivity index (χ1v) is 9.38. The topological polar surface area (TPSA) is 66.2 Å². The van der Waals surface area contributed by atoms with Crippen LogP contribution in [0.5, 0.6) is 5.75 Å². The summed E-state index contributed by atoms with van der Waals surface area (Å²) in [7, 11) is 1.32. The number of hydrogen-bond donors (Lipinski definition) is 3. The molecule has 5 nitrogen and oxygen atoms in total. The van der Waals surface area contributed by atoms with Crippen LogP contribution in [0, 0.1) is 0 Å². The molecule has 0 saturated heterocycles. The minimum atomic E-state index is -5.87. The summed E-state index contributed by atoms with van der Waals surface area (Å²) in [5, 5.41) is 3.33. The fourth-order valence-electron chi connectivity index (χ4n) is 3.26. The Labute approximate surface area is 178 Å². The second-order valence-electron chi connectivity index (χ2n) is 6.96. The van der Waals surface area contributed by atoms with E-state index in [-0.39, 0.29) is 17.7 Å². The van der Waals surface area contributed by atoms with Gasteiger partial charge in [0, 0.05) is 29.2 Å². The van der Waals surface area contributed by atoms with Crippen LogP contribution in [0.2, 0.25) is 0 Å². The van der Waals surface area contributed by atoms with Crippen molar-refractivity contribution in [1.82, 2.24) is 15.6 Å². The first-order valence-electron chi connectivity index (χ1n) is 9.38. The number of methoxy groups -OCH3 is 1. The third-order valence-corrected chi connectivity index (χ3v) is 4.96. The van der Waals surface area contributed by atoms with Crippen LogP contribution in [0.4, 0.5) is 26.3 Å². The van der Waals surface area contributed by atoms with Gasteiger partial charge in [-0.15, -0.1) is 0 Å². The van der Waals surface area contributed by atoms with Crippen LogP contribution in [-0.2, 0) is 6.42 Å². The molecule has 1 aromatic heterocycles. The van der Waals surface area contributed by atoms with Crippen LogP contribution < -0.4 is 15.4 Å². The first kappa shape index (κ1) is 23.5. The van der Waals surface area contributed by atoms with E-state index in [1.807, 2.05) is 0 Å². The normalized spacial score (nSPS) is 12.7. The quantitative estimate of drug-likeness (QED) is 0.359. The van der Waals surface area contributed by atoms with E-state index >= 15 is 0 Å². The summed E-state index contributed by atoms with van der Waals surface area (Å²) >= 11 is 0. The fourth-order valence-corrected chi connectivity index (χ4v) is 3.26.